The van der Waals surface area contributed by atoms with Gasteiger partial charge in [0.1, 0.15) is 0 Å². The standard InChI is InChI=1S/C17H24N2O2/c18-16-11-14(13-4-8-21-9-5-13)10-15(12-16)17(20)19-6-2-1-3-7-19/h10-13H,1-9,18H2. The van der Waals surface area contributed by atoms with E-state index in [0.717, 1.165) is 57.6 Å². The van der Waals surface area contributed by atoms with Crippen molar-refractivity contribution in [3.05, 3.63) is 29.3 Å². The van der Waals surface area contributed by atoms with Crippen molar-refractivity contribution in [2.24, 2.45) is 0 Å². The van der Waals surface area contributed by atoms with Gasteiger partial charge in [-0.2, -0.15) is 0 Å². The zero-order chi connectivity index (χ0) is 14.7. The molecule has 1 aromatic carbocycles. The van der Waals surface area contributed by atoms with Crippen LogP contribution in [0.1, 0.15) is 53.9 Å². The predicted molar refractivity (Wildman–Crippen MR) is 83.4 cm³/mol. The second-order valence-corrected chi connectivity index (χ2v) is 6.13. The normalized spacial score (nSPS) is 20.5. The Morgan fingerprint density at radius 1 is 1.10 bits per heavy atom. The van der Waals surface area contributed by atoms with Crippen molar-refractivity contribution in [1.29, 1.82) is 0 Å². The highest BCUT2D eigenvalue weighted by Gasteiger charge is 2.21. The fourth-order valence-corrected chi connectivity index (χ4v) is 3.35. The summed E-state index contributed by atoms with van der Waals surface area (Å²) < 4.78 is 5.42. The smallest absolute Gasteiger partial charge is 0.253 e. The molecule has 0 aliphatic carbocycles. The molecule has 2 saturated heterocycles. The molecule has 0 unspecified atom stereocenters. The molecule has 0 spiro atoms. The highest BCUT2D eigenvalue weighted by Crippen LogP contribution is 2.29. The van der Waals surface area contributed by atoms with Gasteiger partial charge in [-0.25, -0.2) is 0 Å². The maximum atomic E-state index is 12.6. The fourth-order valence-electron chi connectivity index (χ4n) is 3.35. The highest BCUT2D eigenvalue weighted by atomic mass is 16.5. The lowest BCUT2D eigenvalue weighted by molar-refractivity contribution is 0.0724. The molecule has 1 amide bonds. The summed E-state index contributed by atoms with van der Waals surface area (Å²) in [6.45, 7) is 3.35. The van der Waals surface area contributed by atoms with E-state index in [1.807, 2.05) is 23.1 Å². The van der Waals surface area contributed by atoms with Crippen molar-refractivity contribution < 1.29 is 9.53 Å². The summed E-state index contributed by atoms with van der Waals surface area (Å²) in [6, 6.07) is 5.88. The number of piperidine rings is 1. The number of amides is 1. The molecule has 2 N–H and O–H groups in total. The van der Waals surface area contributed by atoms with Gasteiger partial charge in [-0.1, -0.05) is 0 Å². The van der Waals surface area contributed by atoms with Gasteiger partial charge in [0.15, 0.2) is 0 Å². The van der Waals surface area contributed by atoms with E-state index in [0.29, 0.717) is 11.6 Å². The van der Waals surface area contributed by atoms with Gasteiger partial charge in [0.2, 0.25) is 0 Å². The minimum Gasteiger partial charge on any atom is -0.399 e. The Morgan fingerprint density at radius 2 is 1.81 bits per heavy atom. The number of anilines is 1. The number of hydrogen-bond acceptors (Lipinski definition) is 3. The first-order valence-corrected chi connectivity index (χ1v) is 8.01. The molecule has 1 aromatic rings. The molecule has 0 saturated carbocycles. The minimum atomic E-state index is 0.135. The molecular formula is C17H24N2O2. The topological polar surface area (TPSA) is 55.6 Å². The van der Waals surface area contributed by atoms with Gasteiger partial charge in [0.25, 0.3) is 5.91 Å². The number of ether oxygens (including phenoxy) is 1. The first-order chi connectivity index (χ1) is 10.2. The Bertz CT molecular complexity index is 504. The average molecular weight is 288 g/mol. The number of rotatable bonds is 2. The maximum absolute atomic E-state index is 12.6. The number of nitrogens with zero attached hydrogens (tertiary/aromatic N) is 1. The van der Waals surface area contributed by atoms with Gasteiger partial charge < -0.3 is 15.4 Å². The molecule has 21 heavy (non-hydrogen) atoms. The van der Waals surface area contributed by atoms with Crippen LogP contribution in [0.5, 0.6) is 0 Å². The van der Waals surface area contributed by atoms with Gasteiger partial charge in [-0.3, -0.25) is 4.79 Å². The second-order valence-electron chi connectivity index (χ2n) is 6.13. The van der Waals surface area contributed by atoms with Crippen LogP contribution >= 0.6 is 0 Å². The van der Waals surface area contributed by atoms with Crippen molar-refractivity contribution in [2.75, 3.05) is 32.0 Å². The first-order valence-electron chi connectivity index (χ1n) is 8.01. The molecule has 2 aliphatic heterocycles. The molecule has 2 fully saturated rings. The van der Waals surface area contributed by atoms with E-state index >= 15 is 0 Å². The molecule has 3 rings (SSSR count). The summed E-state index contributed by atoms with van der Waals surface area (Å²) in [7, 11) is 0. The summed E-state index contributed by atoms with van der Waals surface area (Å²) >= 11 is 0. The number of nitrogen functional groups attached to an aromatic ring is 1. The third kappa shape index (κ3) is 3.38. The summed E-state index contributed by atoms with van der Waals surface area (Å²) in [4.78, 5) is 14.6. The third-order valence-corrected chi connectivity index (χ3v) is 4.56. The van der Waals surface area contributed by atoms with Crippen LogP contribution in [0.25, 0.3) is 0 Å². The maximum Gasteiger partial charge on any atom is 0.253 e. The zero-order valence-corrected chi connectivity index (χ0v) is 12.5. The molecule has 4 nitrogen and oxygen atoms in total. The van der Waals surface area contributed by atoms with Crippen molar-refractivity contribution in [1.82, 2.24) is 4.90 Å². The lowest BCUT2D eigenvalue weighted by atomic mass is 9.90. The molecule has 4 heteroatoms. The van der Waals surface area contributed by atoms with Crippen molar-refractivity contribution >= 4 is 11.6 Å². The Kier molecular flexibility index (Phi) is 4.44. The van der Waals surface area contributed by atoms with Crippen molar-refractivity contribution in [2.45, 2.75) is 38.0 Å². The number of carbonyl (C=O) groups excluding carboxylic acids is 1. The van der Waals surface area contributed by atoms with Crippen molar-refractivity contribution in [3.63, 3.8) is 0 Å². The molecule has 0 aromatic heterocycles. The van der Waals surface area contributed by atoms with Crippen LogP contribution in [-0.4, -0.2) is 37.1 Å². The molecule has 2 heterocycles. The van der Waals surface area contributed by atoms with Crippen LogP contribution in [0.3, 0.4) is 0 Å². The monoisotopic (exact) mass is 288 g/mol. The van der Waals surface area contributed by atoms with E-state index in [-0.39, 0.29) is 5.91 Å². The molecule has 2 aliphatic rings. The van der Waals surface area contributed by atoms with Crippen LogP contribution in [0.4, 0.5) is 5.69 Å². The molecule has 114 valence electrons. The van der Waals surface area contributed by atoms with Crippen LogP contribution in [0.2, 0.25) is 0 Å². The first kappa shape index (κ1) is 14.4. The Balaban J connectivity index is 1.81. The largest absolute Gasteiger partial charge is 0.399 e. The predicted octanol–water partition coefficient (Wildman–Crippen LogP) is 2.79. The minimum absolute atomic E-state index is 0.135. The highest BCUT2D eigenvalue weighted by molar-refractivity contribution is 5.95. The number of nitrogens with two attached hydrogens (primary N) is 1. The number of benzene rings is 1. The van der Waals surface area contributed by atoms with Gasteiger partial charge in [0.05, 0.1) is 0 Å². The fraction of sp³-hybridized carbons (Fsp3) is 0.588. The Labute approximate surface area is 126 Å². The lowest BCUT2D eigenvalue weighted by Gasteiger charge is -2.28. The number of likely N-dealkylation sites (tertiary alicyclic amines) is 1. The summed E-state index contributed by atoms with van der Waals surface area (Å²) in [6.07, 6.45) is 5.48. The van der Waals surface area contributed by atoms with Crippen LogP contribution in [-0.2, 0) is 4.74 Å². The van der Waals surface area contributed by atoms with Crippen LogP contribution in [0.15, 0.2) is 18.2 Å². The van der Waals surface area contributed by atoms with Crippen LogP contribution in [0, 0.1) is 0 Å². The van der Waals surface area contributed by atoms with Gasteiger partial charge in [-0.15, -0.1) is 0 Å². The quantitative estimate of drug-likeness (QED) is 0.851. The van der Waals surface area contributed by atoms with E-state index < -0.39 is 0 Å². The second kappa shape index (κ2) is 6.48. The van der Waals surface area contributed by atoms with Gasteiger partial charge in [-0.05, 0) is 61.8 Å². The summed E-state index contributed by atoms with van der Waals surface area (Å²) in [5.41, 5.74) is 8.67. The Hall–Kier alpha value is -1.55. The number of hydrogen-bond donors (Lipinski definition) is 1. The Morgan fingerprint density at radius 3 is 2.52 bits per heavy atom. The number of carbonyl (C=O) groups is 1. The van der Waals surface area contributed by atoms with Gasteiger partial charge >= 0.3 is 0 Å². The third-order valence-electron chi connectivity index (χ3n) is 4.56. The summed E-state index contributed by atoms with van der Waals surface area (Å²) in [5.74, 6) is 0.602. The molecular weight excluding hydrogens is 264 g/mol. The average Bonchev–Trinajstić information content (AvgIpc) is 2.55. The molecule has 0 bridgehead atoms. The van der Waals surface area contributed by atoms with Gasteiger partial charge in [0, 0.05) is 37.6 Å². The van der Waals surface area contributed by atoms with E-state index in [1.165, 1.54) is 12.0 Å². The zero-order valence-electron chi connectivity index (χ0n) is 12.5. The SMILES string of the molecule is Nc1cc(C(=O)N2CCCCC2)cc(C2CCOCC2)c1. The van der Waals surface area contributed by atoms with Crippen molar-refractivity contribution in [3.8, 4) is 0 Å². The molecule has 0 atom stereocenters. The van der Waals surface area contributed by atoms with E-state index in [2.05, 4.69) is 0 Å². The van der Waals surface area contributed by atoms with E-state index in [4.69, 9.17) is 10.5 Å². The molecule has 0 radical (unpaired) electrons. The van der Waals surface area contributed by atoms with E-state index in [1.54, 1.807) is 0 Å². The van der Waals surface area contributed by atoms with Crippen LogP contribution < -0.4 is 5.73 Å². The summed E-state index contributed by atoms with van der Waals surface area (Å²) in [5, 5.41) is 0. The van der Waals surface area contributed by atoms with E-state index in [9.17, 15) is 4.79 Å². The lowest BCUT2D eigenvalue weighted by Crippen LogP contribution is -2.35.